The second kappa shape index (κ2) is 21.3. The molecule has 0 unspecified atom stereocenters. The minimum absolute atomic E-state index is 0.184. The van der Waals surface area contributed by atoms with Gasteiger partial charge in [0, 0.05) is 12.1 Å². The number of fused-ring (bicyclic) bond motifs is 1. The summed E-state index contributed by atoms with van der Waals surface area (Å²) in [6.07, 6.45) is 6.73. The smallest absolute Gasteiger partial charge is 0.309 e. The minimum atomic E-state index is -1.23. The van der Waals surface area contributed by atoms with Crippen LogP contribution in [0.4, 0.5) is 5.69 Å². The Kier molecular flexibility index (Phi) is 15.2. The number of carbonyl (C=O) groups is 4. The number of aliphatic hydroxyl groups is 1. The first-order valence-electron chi connectivity index (χ1n) is 19.9. The van der Waals surface area contributed by atoms with Gasteiger partial charge in [0.05, 0.1) is 24.5 Å². The van der Waals surface area contributed by atoms with E-state index in [0.29, 0.717) is 50.1 Å². The molecule has 5 aromatic rings. The number of hydrogen-bond acceptors (Lipinski definition) is 7. The number of hydrogen-bond donors (Lipinski definition) is 4. The molecule has 1 aliphatic rings. The molecular weight excluding hydrogens is 731 g/mol. The number of cyclic esters (lactones) is 1. The van der Waals surface area contributed by atoms with Crippen LogP contribution in [0.2, 0.25) is 0 Å². The van der Waals surface area contributed by atoms with Crippen molar-refractivity contribution in [3.63, 3.8) is 0 Å². The van der Waals surface area contributed by atoms with Crippen LogP contribution >= 0.6 is 0 Å². The fourth-order valence-corrected chi connectivity index (χ4v) is 7.02. The number of benzene rings is 5. The van der Waals surface area contributed by atoms with E-state index in [2.05, 4.69) is 16.0 Å². The van der Waals surface area contributed by atoms with Gasteiger partial charge in [-0.1, -0.05) is 115 Å². The van der Waals surface area contributed by atoms with E-state index in [-0.39, 0.29) is 26.1 Å². The highest BCUT2D eigenvalue weighted by Crippen LogP contribution is 2.22. The number of rotatable bonds is 13. The molecule has 3 amide bonds. The van der Waals surface area contributed by atoms with Gasteiger partial charge in [-0.15, -0.1) is 0 Å². The normalized spacial score (nSPS) is 18.3. The van der Waals surface area contributed by atoms with Crippen LogP contribution in [-0.2, 0) is 43.4 Å². The molecule has 4 N–H and O–H groups in total. The average Bonchev–Trinajstić information content (AvgIpc) is 3.25. The van der Waals surface area contributed by atoms with Gasteiger partial charge in [0.2, 0.25) is 11.8 Å². The first kappa shape index (κ1) is 41.4. The molecule has 10 nitrogen and oxygen atoms in total. The van der Waals surface area contributed by atoms with Gasteiger partial charge in [0.15, 0.2) is 0 Å². The molecule has 0 spiro atoms. The predicted octanol–water partition coefficient (Wildman–Crippen LogP) is 7.10. The van der Waals surface area contributed by atoms with Gasteiger partial charge in [-0.2, -0.15) is 0 Å². The number of aliphatic hydroxyl groups excluding tert-OH is 1. The third-order valence-electron chi connectivity index (χ3n) is 10.3. The van der Waals surface area contributed by atoms with Crippen molar-refractivity contribution >= 4 is 40.2 Å². The maximum absolute atomic E-state index is 14.0. The molecule has 0 fully saturated rings. The number of allylic oxidation sites excluding steroid dienone is 2. The summed E-state index contributed by atoms with van der Waals surface area (Å²) in [6.45, 7) is -0.245. The van der Waals surface area contributed by atoms with Crippen LogP contribution in [0, 0.1) is 11.8 Å². The van der Waals surface area contributed by atoms with Crippen molar-refractivity contribution in [3.05, 3.63) is 156 Å². The van der Waals surface area contributed by atoms with E-state index in [4.69, 9.17) is 9.47 Å². The number of carbonyl (C=O) groups excluding carboxylic acids is 4. The van der Waals surface area contributed by atoms with E-state index in [1.807, 2.05) is 133 Å². The summed E-state index contributed by atoms with van der Waals surface area (Å²) in [5, 5.41) is 20.7. The molecule has 0 radical (unpaired) electrons. The van der Waals surface area contributed by atoms with Crippen LogP contribution < -0.4 is 20.7 Å². The molecule has 1 aliphatic heterocycles. The fourth-order valence-electron chi connectivity index (χ4n) is 7.02. The summed E-state index contributed by atoms with van der Waals surface area (Å²) < 4.78 is 11.7. The second-order valence-corrected chi connectivity index (χ2v) is 14.7. The number of ether oxygens (including phenoxy) is 2. The zero-order valence-corrected chi connectivity index (χ0v) is 32.6. The molecule has 0 bridgehead atoms. The molecule has 10 heteroatoms. The highest BCUT2D eigenvalue weighted by atomic mass is 16.5. The molecule has 0 saturated carbocycles. The van der Waals surface area contributed by atoms with Gasteiger partial charge < -0.3 is 30.5 Å². The summed E-state index contributed by atoms with van der Waals surface area (Å²) in [5.74, 6) is -2.50. The number of amides is 3. The summed E-state index contributed by atoms with van der Waals surface area (Å²) in [4.78, 5) is 54.8. The highest BCUT2D eigenvalue weighted by molar-refractivity contribution is 5.99. The lowest BCUT2D eigenvalue weighted by molar-refractivity contribution is -0.151. The van der Waals surface area contributed by atoms with Crippen molar-refractivity contribution in [1.29, 1.82) is 0 Å². The van der Waals surface area contributed by atoms with Crippen molar-refractivity contribution in [2.75, 3.05) is 18.5 Å². The Morgan fingerprint density at radius 3 is 2.24 bits per heavy atom. The molecule has 1 heterocycles. The maximum atomic E-state index is 14.0. The first-order valence-corrected chi connectivity index (χ1v) is 19.9. The van der Waals surface area contributed by atoms with Gasteiger partial charge in [0.25, 0.3) is 5.91 Å². The van der Waals surface area contributed by atoms with Crippen LogP contribution in [0.1, 0.15) is 48.8 Å². The summed E-state index contributed by atoms with van der Waals surface area (Å²) in [5.41, 5.74) is 3.48. The Balaban J connectivity index is 1.12. The molecule has 6 rings (SSSR count). The highest BCUT2D eigenvalue weighted by Gasteiger charge is 2.30. The van der Waals surface area contributed by atoms with E-state index < -0.39 is 47.6 Å². The largest absolute Gasteiger partial charge is 0.489 e. The van der Waals surface area contributed by atoms with Crippen LogP contribution in [-0.4, -0.2) is 54.1 Å². The van der Waals surface area contributed by atoms with Crippen LogP contribution in [0.15, 0.2) is 140 Å². The Labute approximate surface area is 339 Å². The molecule has 300 valence electrons. The SMILES string of the molecule is O=C(C[C@H]1CC=CCCC[C@H](Cc2ccccc2)C(=O)OC[C@@H](C(=O)Nc2ccc3ccccc3c2)NC1=O)N[C@H](CO)Cc1ccc(OCc2ccccc2)cc1. The van der Waals surface area contributed by atoms with Crippen molar-refractivity contribution in [3.8, 4) is 5.75 Å². The zero-order chi connectivity index (χ0) is 40.5. The third-order valence-corrected chi connectivity index (χ3v) is 10.3. The van der Waals surface area contributed by atoms with E-state index in [1.54, 1.807) is 6.07 Å². The van der Waals surface area contributed by atoms with Crippen LogP contribution in [0.25, 0.3) is 10.8 Å². The number of anilines is 1. The average molecular weight is 782 g/mol. The lowest BCUT2D eigenvalue weighted by Gasteiger charge is -2.24. The number of nitrogens with one attached hydrogen (secondary N) is 3. The Morgan fingerprint density at radius 1 is 0.793 bits per heavy atom. The molecule has 0 saturated heterocycles. The number of esters is 1. The molecule has 0 aromatic heterocycles. The third kappa shape index (κ3) is 12.6. The quantitative estimate of drug-likeness (QED) is 0.0738. The van der Waals surface area contributed by atoms with Crippen molar-refractivity contribution in [1.82, 2.24) is 10.6 Å². The van der Waals surface area contributed by atoms with Gasteiger partial charge in [0.1, 0.15) is 25.0 Å². The minimum Gasteiger partial charge on any atom is -0.489 e. The predicted molar refractivity (Wildman–Crippen MR) is 225 cm³/mol. The Bertz CT molecular complexity index is 2140. The van der Waals surface area contributed by atoms with Gasteiger partial charge in [-0.05, 0) is 90.3 Å². The zero-order valence-electron chi connectivity index (χ0n) is 32.6. The monoisotopic (exact) mass is 781 g/mol. The van der Waals surface area contributed by atoms with E-state index in [9.17, 15) is 24.3 Å². The maximum Gasteiger partial charge on any atom is 0.309 e. The Morgan fingerprint density at radius 2 is 1.50 bits per heavy atom. The second-order valence-electron chi connectivity index (χ2n) is 14.7. The molecule has 58 heavy (non-hydrogen) atoms. The Hall–Kier alpha value is -6.26. The van der Waals surface area contributed by atoms with Crippen LogP contribution in [0.3, 0.4) is 0 Å². The lowest BCUT2D eigenvalue weighted by atomic mass is 9.93. The van der Waals surface area contributed by atoms with Crippen molar-refractivity contribution < 1.29 is 33.8 Å². The van der Waals surface area contributed by atoms with Gasteiger partial charge in [-0.3, -0.25) is 19.2 Å². The standard InChI is InChI=1S/C48H51N3O7/c52-31-42(28-35-21-25-43(26-22-35)57-32-36-15-7-4-8-16-36)49-45(53)30-39-19-9-1-2-10-20-40(27-34-13-5-3-6-14-34)48(56)58-33-44(51-46(39)54)47(55)50-41-24-23-37-17-11-12-18-38(37)29-41/h1,3-9,11-18,21-26,29,39-40,42,44,52H,2,10,19-20,27-28,30-33H2,(H,49,53)(H,50,55)(H,51,54)/t39-,40-,42+,44+/m1/s1. The topological polar surface area (TPSA) is 143 Å². The lowest BCUT2D eigenvalue weighted by Crippen LogP contribution is -2.50. The molecule has 4 atom stereocenters. The van der Waals surface area contributed by atoms with Crippen LogP contribution in [0.5, 0.6) is 5.75 Å². The first-order chi connectivity index (χ1) is 28.3. The molecule has 5 aromatic carbocycles. The van der Waals surface area contributed by atoms with Gasteiger partial charge >= 0.3 is 5.97 Å². The van der Waals surface area contributed by atoms with E-state index in [0.717, 1.165) is 27.5 Å². The summed E-state index contributed by atoms with van der Waals surface area (Å²) in [7, 11) is 0. The molecule has 0 aliphatic carbocycles. The van der Waals surface area contributed by atoms with Crippen molar-refractivity contribution in [2.45, 2.75) is 63.6 Å². The van der Waals surface area contributed by atoms with Crippen molar-refractivity contribution in [2.24, 2.45) is 11.8 Å². The summed E-state index contributed by atoms with van der Waals surface area (Å²) >= 11 is 0. The summed E-state index contributed by atoms with van der Waals surface area (Å²) in [6, 6.07) is 38.5. The fraction of sp³-hybridized carbons (Fsp3) is 0.292. The molecular formula is C48H51N3O7. The van der Waals surface area contributed by atoms with E-state index >= 15 is 0 Å². The van der Waals surface area contributed by atoms with Gasteiger partial charge in [-0.25, -0.2) is 0 Å². The van der Waals surface area contributed by atoms with E-state index in [1.165, 1.54) is 0 Å².